The first-order valence-corrected chi connectivity index (χ1v) is 10.1. The summed E-state index contributed by atoms with van der Waals surface area (Å²) in [5.74, 6) is 0. The van der Waals surface area contributed by atoms with Crippen molar-refractivity contribution in [1.29, 1.82) is 0 Å². The molecule has 0 bridgehead atoms. The Morgan fingerprint density at radius 2 is 1.00 bits per heavy atom. The monoisotopic (exact) mass is 308 g/mol. The van der Waals surface area contributed by atoms with Gasteiger partial charge in [-0.3, -0.25) is 0 Å². The molecule has 0 aromatic heterocycles. The molecule has 0 aromatic carbocycles. The van der Waals surface area contributed by atoms with Crippen LogP contribution in [0.4, 0.5) is 0 Å². The third-order valence-electron chi connectivity index (χ3n) is 6.29. The fourth-order valence-corrected chi connectivity index (χ4v) is 3.48. The van der Waals surface area contributed by atoms with Crippen LogP contribution < -0.4 is 0 Å². The molecular formula is C21H45B. The molecule has 0 saturated carbocycles. The highest BCUT2D eigenvalue weighted by molar-refractivity contribution is 6.15. The van der Waals surface area contributed by atoms with Crippen molar-refractivity contribution in [3.63, 3.8) is 0 Å². The molecule has 0 aliphatic rings. The summed E-state index contributed by atoms with van der Waals surface area (Å²) in [7, 11) is 2.56. The van der Waals surface area contributed by atoms with Crippen molar-refractivity contribution in [2.24, 2.45) is 10.8 Å². The molecule has 0 aromatic rings. The zero-order valence-corrected chi connectivity index (χ0v) is 17.3. The van der Waals surface area contributed by atoms with E-state index in [-0.39, 0.29) is 0 Å². The van der Waals surface area contributed by atoms with Crippen molar-refractivity contribution in [3.05, 3.63) is 0 Å². The van der Waals surface area contributed by atoms with Gasteiger partial charge < -0.3 is 0 Å². The quantitative estimate of drug-likeness (QED) is 0.250. The lowest BCUT2D eigenvalue weighted by Crippen LogP contribution is -2.16. The molecule has 1 unspecified atom stereocenters. The van der Waals surface area contributed by atoms with Gasteiger partial charge in [-0.2, -0.15) is 0 Å². The van der Waals surface area contributed by atoms with Crippen molar-refractivity contribution in [3.8, 4) is 0 Å². The van der Waals surface area contributed by atoms with Gasteiger partial charge in [-0.1, -0.05) is 112 Å². The van der Waals surface area contributed by atoms with Gasteiger partial charge in [-0.05, 0) is 23.7 Å². The molecule has 0 amide bonds. The second-order valence-corrected chi connectivity index (χ2v) is 9.66. The highest BCUT2D eigenvalue weighted by atomic mass is 14.3. The average molecular weight is 308 g/mol. The molecule has 0 radical (unpaired) electrons. The van der Waals surface area contributed by atoms with Crippen LogP contribution in [0.25, 0.3) is 0 Å². The van der Waals surface area contributed by atoms with E-state index in [0.29, 0.717) is 16.1 Å². The van der Waals surface area contributed by atoms with E-state index >= 15 is 0 Å². The van der Waals surface area contributed by atoms with E-state index in [0.717, 1.165) is 0 Å². The first-order chi connectivity index (χ1) is 10.1. The van der Waals surface area contributed by atoms with Gasteiger partial charge in [0, 0.05) is 0 Å². The lowest BCUT2D eigenvalue weighted by molar-refractivity contribution is 0.282. The fraction of sp³-hybridized carbons (Fsp3) is 1.00. The smallest absolute Gasteiger partial charge is 0.0654 e. The maximum absolute atomic E-state index is 2.56. The summed E-state index contributed by atoms with van der Waals surface area (Å²) in [5, 5.41) is 0.592. The minimum Gasteiger partial charge on any atom is -0.0654 e. The van der Waals surface area contributed by atoms with Crippen LogP contribution in [0.5, 0.6) is 0 Å². The minimum atomic E-state index is 0.540. The van der Waals surface area contributed by atoms with Crippen LogP contribution in [-0.2, 0) is 0 Å². The standard InChI is InChI=1S/C21H45B/c1-8-14-21(22,18-13-16-20(6,7)10-3)17-12-11-15-19(4,5)9-2/h8-18,22H2,1-7H3. The highest BCUT2D eigenvalue weighted by Gasteiger charge is 2.24. The average Bonchev–Trinajstić information content (AvgIpc) is 2.44. The molecule has 1 atom stereocenters. The molecule has 0 saturated heterocycles. The molecule has 0 aliphatic heterocycles. The Morgan fingerprint density at radius 1 is 0.591 bits per heavy atom. The maximum atomic E-state index is 2.56. The Bertz CT molecular complexity index is 280. The molecule has 132 valence electrons. The minimum absolute atomic E-state index is 0.540. The van der Waals surface area contributed by atoms with Gasteiger partial charge in [-0.15, -0.1) is 0 Å². The van der Waals surface area contributed by atoms with E-state index in [9.17, 15) is 0 Å². The first-order valence-electron chi connectivity index (χ1n) is 10.1. The van der Waals surface area contributed by atoms with E-state index in [2.05, 4.69) is 56.3 Å². The summed E-state index contributed by atoms with van der Waals surface area (Å²) in [6, 6.07) is 0. The number of hydrogen-bond acceptors (Lipinski definition) is 0. The van der Waals surface area contributed by atoms with Crippen LogP contribution in [0.3, 0.4) is 0 Å². The van der Waals surface area contributed by atoms with Crippen LogP contribution in [0.1, 0.15) is 119 Å². The summed E-state index contributed by atoms with van der Waals surface area (Å²) in [5.41, 5.74) is 1.09. The molecular weight excluding hydrogens is 263 g/mol. The van der Waals surface area contributed by atoms with Crippen molar-refractivity contribution < 1.29 is 0 Å². The largest absolute Gasteiger partial charge is 0.109 e. The van der Waals surface area contributed by atoms with Gasteiger partial charge in [0.15, 0.2) is 0 Å². The Hall–Kier alpha value is 0.0649. The summed E-state index contributed by atoms with van der Waals surface area (Å²) in [6.45, 7) is 16.7. The van der Waals surface area contributed by atoms with Crippen LogP contribution in [-0.4, -0.2) is 7.85 Å². The zero-order chi connectivity index (χ0) is 17.3. The third-order valence-corrected chi connectivity index (χ3v) is 6.29. The first kappa shape index (κ1) is 22.1. The molecule has 1 heteroatoms. The van der Waals surface area contributed by atoms with E-state index in [4.69, 9.17) is 0 Å². The van der Waals surface area contributed by atoms with Crippen LogP contribution in [0, 0.1) is 10.8 Å². The second kappa shape index (κ2) is 10.0. The highest BCUT2D eigenvalue weighted by Crippen LogP contribution is 2.42. The number of hydrogen-bond donors (Lipinski definition) is 0. The third kappa shape index (κ3) is 9.96. The van der Waals surface area contributed by atoms with Gasteiger partial charge in [0.1, 0.15) is 7.85 Å². The second-order valence-electron chi connectivity index (χ2n) is 9.66. The molecule has 22 heavy (non-hydrogen) atoms. The summed E-state index contributed by atoms with van der Waals surface area (Å²) in [4.78, 5) is 0. The van der Waals surface area contributed by atoms with Crippen molar-refractivity contribution in [1.82, 2.24) is 0 Å². The molecule has 0 spiro atoms. The Morgan fingerprint density at radius 3 is 1.45 bits per heavy atom. The summed E-state index contributed by atoms with van der Waals surface area (Å²) < 4.78 is 0. The molecule has 0 rings (SSSR count). The Balaban J connectivity index is 4.21. The van der Waals surface area contributed by atoms with E-state index in [1.807, 2.05) is 0 Å². The predicted octanol–water partition coefficient (Wildman–Crippen LogP) is 7.18. The maximum Gasteiger partial charge on any atom is 0.109 e. The Labute approximate surface area is 143 Å². The zero-order valence-electron chi connectivity index (χ0n) is 17.3. The van der Waals surface area contributed by atoms with Gasteiger partial charge >= 0.3 is 0 Å². The van der Waals surface area contributed by atoms with Gasteiger partial charge in [0.25, 0.3) is 0 Å². The molecule has 0 heterocycles. The van der Waals surface area contributed by atoms with E-state index < -0.39 is 0 Å². The van der Waals surface area contributed by atoms with Gasteiger partial charge in [0.2, 0.25) is 0 Å². The molecule has 0 fully saturated rings. The summed E-state index contributed by atoms with van der Waals surface area (Å²) >= 11 is 0. The SMILES string of the molecule is BC(CCC)(CCCCC(C)(C)CC)CCCC(C)(C)CC. The van der Waals surface area contributed by atoms with Crippen LogP contribution in [0.2, 0.25) is 5.31 Å². The number of rotatable bonds is 13. The molecule has 0 nitrogen and oxygen atoms in total. The van der Waals surface area contributed by atoms with Gasteiger partial charge in [-0.25, -0.2) is 0 Å². The Kier molecular flexibility index (Phi) is 10.1. The van der Waals surface area contributed by atoms with Crippen molar-refractivity contribution in [2.45, 2.75) is 124 Å². The van der Waals surface area contributed by atoms with Crippen LogP contribution in [0.15, 0.2) is 0 Å². The lowest BCUT2D eigenvalue weighted by atomic mass is 9.60. The van der Waals surface area contributed by atoms with E-state index in [1.54, 1.807) is 0 Å². The van der Waals surface area contributed by atoms with Crippen LogP contribution >= 0.6 is 0 Å². The summed E-state index contributed by atoms with van der Waals surface area (Å²) in [6.07, 6.45) is 15.3. The van der Waals surface area contributed by atoms with Crippen molar-refractivity contribution in [2.75, 3.05) is 0 Å². The lowest BCUT2D eigenvalue weighted by Gasteiger charge is -2.32. The topological polar surface area (TPSA) is 0 Å². The van der Waals surface area contributed by atoms with Gasteiger partial charge in [0.05, 0.1) is 0 Å². The molecule has 0 N–H and O–H groups in total. The number of unbranched alkanes of at least 4 members (excludes halogenated alkanes) is 1. The van der Waals surface area contributed by atoms with Crippen molar-refractivity contribution >= 4 is 7.85 Å². The van der Waals surface area contributed by atoms with E-state index in [1.165, 1.54) is 70.6 Å². The predicted molar refractivity (Wildman–Crippen MR) is 107 cm³/mol. The normalized spacial score (nSPS) is 15.8. The fourth-order valence-electron chi connectivity index (χ4n) is 3.48. The molecule has 0 aliphatic carbocycles.